The normalized spacial score (nSPS) is 17.4. The fraction of sp³-hybridized carbons (Fsp3) is 0.533. The molecule has 0 radical (unpaired) electrons. The van der Waals surface area contributed by atoms with Gasteiger partial charge in [0, 0.05) is 12.6 Å². The molecule has 0 heterocycles. The van der Waals surface area contributed by atoms with Crippen LogP contribution in [0.4, 0.5) is 0 Å². The molecule has 1 aliphatic carbocycles. The van der Waals surface area contributed by atoms with Gasteiger partial charge in [-0.15, -0.1) is 0 Å². The van der Waals surface area contributed by atoms with Crippen LogP contribution in [0.25, 0.3) is 0 Å². The van der Waals surface area contributed by atoms with E-state index >= 15 is 0 Å². The number of hydrogen-bond acceptors (Lipinski definition) is 2. The minimum absolute atomic E-state index is 0.239. The topological polar surface area (TPSA) is 46.3 Å². The molecule has 98 valence electrons. The standard InChI is InChI=1S/C15H22N2O/c1-12(14-8-3-2-4-9-14)17(11-15(16)18)10-13-6-5-7-13/h2-4,8-9,12-13H,5-7,10-11H2,1H3,(H2,16,18). The number of amides is 1. The quantitative estimate of drug-likeness (QED) is 0.837. The van der Waals surface area contributed by atoms with Crippen LogP contribution >= 0.6 is 0 Å². The molecule has 18 heavy (non-hydrogen) atoms. The van der Waals surface area contributed by atoms with E-state index in [2.05, 4.69) is 24.0 Å². The van der Waals surface area contributed by atoms with Gasteiger partial charge in [-0.3, -0.25) is 9.69 Å². The summed E-state index contributed by atoms with van der Waals surface area (Å²) in [6.45, 7) is 3.49. The van der Waals surface area contributed by atoms with Crippen molar-refractivity contribution in [2.75, 3.05) is 13.1 Å². The molecule has 0 bridgehead atoms. The zero-order valence-corrected chi connectivity index (χ0v) is 11.0. The van der Waals surface area contributed by atoms with Crippen molar-refractivity contribution in [1.82, 2.24) is 4.90 Å². The average Bonchev–Trinajstić information content (AvgIpc) is 2.32. The maximum absolute atomic E-state index is 11.2. The van der Waals surface area contributed by atoms with E-state index in [1.54, 1.807) is 0 Å². The van der Waals surface area contributed by atoms with Gasteiger partial charge >= 0.3 is 0 Å². The fourth-order valence-corrected chi connectivity index (χ4v) is 2.51. The summed E-state index contributed by atoms with van der Waals surface area (Å²) in [5.41, 5.74) is 6.61. The van der Waals surface area contributed by atoms with Crippen molar-refractivity contribution < 1.29 is 4.79 Å². The van der Waals surface area contributed by atoms with Crippen LogP contribution in [0.3, 0.4) is 0 Å². The van der Waals surface area contributed by atoms with Crippen molar-refractivity contribution in [2.24, 2.45) is 11.7 Å². The number of hydrogen-bond donors (Lipinski definition) is 1. The first kappa shape index (κ1) is 13.1. The number of nitrogens with two attached hydrogens (primary N) is 1. The molecular weight excluding hydrogens is 224 g/mol. The molecule has 1 aromatic carbocycles. The van der Waals surface area contributed by atoms with Crippen molar-refractivity contribution in [3.05, 3.63) is 35.9 Å². The molecule has 1 saturated carbocycles. The molecule has 0 aromatic heterocycles. The van der Waals surface area contributed by atoms with Crippen molar-refractivity contribution in [2.45, 2.75) is 32.2 Å². The van der Waals surface area contributed by atoms with E-state index in [9.17, 15) is 4.79 Å². The van der Waals surface area contributed by atoms with Gasteiger partial charge in [0.05, 0.1) is 6.54 Å². The van der Waals surface area contributed by atoms with Gasteiger partial charge < -0.3 is 5.73 Å². The number of benzene rings is 1. The summed E-state index contributed by atoms with van der Waals surface area (Å²) in [5, 5.41) is 0. The minimum atomic E-state index is -0.239. The maximum Gasteiger partial charge on any atom is 0.231 e. The Hall–Kier alpha value is -1.35. The third-order valence-electron chi connectivity index (χ3n) is 3.91. The van der Waals surface area contributed by atoms with Crippen LogP contribution in [0.5, 0.6) is 0 Å². The summed E-state index contributed by atoms with van der Waals surface area (Å²) < 4.78 is 0. The van der Waals surface area contributed by atoms with Gasteiger partial charge in [0.25, 0.3) is 0 Å². The Morgan fingerprint density at radius 2 is 2.06 bits per heavy atom. The zero-order chi connectivity index (χ0) is 13.0. The van der Waals surface area contributed by atoms with Gasteiger partial charge in [-0.1, -0.05) is 36.8 Å². The predicted octanol–water partition coefficient (Wildman–Crippen LogP) is 2.33. The van der Waals surface area contributed by atoms with Crippen LogP contribution in [0.2, 0.25) is 0 Å². The number of nitrogens with zero attached hydrogens (tertiary/aromatic N) is 1. The molecular formula is C15H22N2O. The highest BCUT2D eigenvalue weighted by Gasteiger charge is 2.25. The SMILES string of the molecule is CC(c1ccccc1)N(CC(N)=O)CC1CCC1. The van der Waals surface area contributed by atoms with Crippen LogP contribution in [0, 0.1) is 5.92 Å². The van der Waals surface area contributed by atoms with E-state index in [1.807, 2.05) is 18.2 Å². The van der Waals surface area contributed by atoms with Gasteiger partial charge in [-0.05, 0) is 31.2 Å². The largest absolute Gasteiger partial charge is 0.369 e. The van der Waals surface area contributed by atoms with Crippen molar-refractivity contribution in [1.29, 1.82) is 0 Å². The molecule has 1 aliphatic rings. The minimum Gasteiger partial charge on any atom is -0.369 e. The van der Waals surface area contributed by atoms with Gasteiger partial charge in [0.15, 0.2) is 0 Å². The van der Waals surface area contributed by atoms with Crippen LogP contribution in [0.15, 0.2) is 30.3 Å². The van der Waals surface area contributed by atoms with E-state index < -0.39 is 0 Å². The second-order valence-electron chi connectivity index (χ2n) is 5.28. The highest BCUT2D eigenvalue weighted by molar-refractivity contribution is 5.76. The lowest BCUT2D eigenvalue weighted by Gasteiger charge is -2.35. The molecule has 1 fully saturated rings. The van der Waals surface area contributed by atoms with E-state index in [0.29, 0.717) is 6.54 Å². The molecule has 1 amide bonds. The van der Waals surface area contributed by atoms with Crippen molar-refractivity contribution >= 4 is 5.91 Å². The third-order valence-corrected chi connectivity index (χ3v) is 3.91. The molecule has 3 heteroatoms. The molecule has 2 rings (SSSR count). The Bertz CT molecular complexity index is 387. The molecule has 3 nitrogen and oxygen atoms in total. The molecule has 1 unspecified atom stereocenters. The number of rotatable bonds is 6. The molecule has 1 atom stereocenters. The van der Waals surface area contributed by atoms with Crippen LogP contribution in [-0.4, -0.2) is 23.9 Å². The maximum atomic E-state index is 11.2. The Morgan fingerprint density at radius 1 is 1.39 bits per heavy atom. The van der Waals surface area contributed by atoms with Crippen molar-refractivity contribution in [3.63, 3.8) is 0 Å². The summed E-state index contributed by atoms with van der Waals surface area (Å²) in [4.78, 5) is 13.4. The Balaban J connectivity index is 2.04. The van der Waals surface area contributed by atoms with Crippen LogP contribution in [0.1, 0.15) is 37.8 Å². The van der Waals surface area contributed by atoms with E-state index in [1.165, 1.54) is 24.8 Å². The number of carbonyl (C=O) groups excluding carboxylic acids is 1. The van der Waals surface area contributed by atoms with Crippen LogP contribution in [-0.2, 0) is 4.79 Å². The fourth-order valence-electron chi connectivity index (χ4n) is 2.51. The second-order valence-corrected chi connectivity index (χ2v) is 5.28. The molecule has 0 spiro atoms. The monoisotopic (exact) mass is 246 g/mol. The Kier molecular flexibility index (Phi) is 4.37. The summed E-state index contributed by atoms with van der Waals surface area (Å²) >= 11 is 0. The Labute approximate surface area is 109 Å². The summed E-state index contributed by atoms with van der Waals surface area (Å²) in [5.74, 6) is 0.507. The predicted molar refractivity (Wildman–Crippen MR) is 73.0 cm³/mol. The van der Waals surface area contributed by atoms with Gasteiger partial charge in [0.1, 0.15) is 0 Å². The van der Waals surface area contributed by atoms with Crippen LogP contribution < -0.4 is 5.73 Å². The van der Waals surface area contributed by atoms with E-state index in [4.69, 9.17) is 5.73 Å². The van der Waals surface area contributed by atoms with E-state index in [0.717, 1.165) is 12.5 Å². The zero-order valence-electron chi connectivity index (χ0n) is 11.0. The highest BCUT2D eigenvalue weighted by Crippen LogP contribution is 2.30. The summed E-state index contributed by atoms with van der Waals surface area (Å²) in [6.07, 6.45) is 3.91. The lowest BCUT2D eigenvalue weighted by molar-refractivity contribution is -0.120. The number of primary amides is 1. The first-order valence-electron chi connectivity index (χ1n) is 6.74. The average molecular weight is 246 g/mol. The van der Waals surface area contributed by atoms with Gasteiger partial charge in [-0.25, -0.2) is 0 Å². The molecule has 2 N–H and O–H groups in total. The molecule has 1 aromatic rings. The molecule has 0 saturated heterocycles. The first-order chi connectivity index (χ1) is 8.66. The highest BCUT2D eigenvalue weighted by atomic mass is 16.1. The summed E-state index contributed by atoms with van der Waals surface area (Å²) in [7, 11) is 0. The second kappa shape index (κ2) is 6.01. The van der Waals surface area contributed by atoms with Gasteiger partial charge in [0.2, 0.25) is 5.91 Å². The van der Waals surface area contributed by atoms with E-state index in [-0.39, 0.29) is 11.9 Å². The number of carbonyl (C=O) groups is 1. The third kappa shape index (κ3) is 3.33. The van der Waals surface area contributed by atoms with Crippen molar-refractivity contribution in [3.8, 4) is 0 Å². The smallest absolute Gasteiger partial charge is 0.231 e. The summed E-state index contributed by atoms with van der Waals surface area (Å²) in [6, 6.07) is 10.6. The Morgan fingerprint density at radius 3 is 2.56 bits per heavy atom. The molecule has 0 aliphatic heterocycles. The lowest BCUT2D eigenvalue weighted by Crippen LogP contribution is -2.40. The lowest BCUT2D eigenvalue weighted by atomic mass is 9.84. The first-order valence-corrected chi connectivity index (χ1v) is 6.74. The van der Waals surface area contributed by atoms with Gasteiger partial charge in [-0.2, -0.15) is 0 Å².